The van der Waals surface area contributed by atoms with E-state index in [-0.39, 0.29) is 11.5 Å². The number of aliphatic hydroxyl groups excluding tert-OH is 1. The van der Waals surface area contributed by atoms with E-state index in [1.165, 1.54) is 5.56 Å². The zero-order valence-electron chi connectivity index (χ0n) is 10.7. The largest absolute Gasteiger partial charge is 0.391 e. The first-order valence-corrected chi connectivity index (χ1v) is 6.47. The molecule has 1 saturated heterocycles. The van der Waals surface area contributed by atoms with Crippen LogP contribution < -0.4 is 4.90 Å². The highest BCUT2D eigenvalue weighted by atomic mass is 35.5. The molecule has 1 N–H and O–H groups in total. The molecule has 0 aromatic heterocycles. The van der Waals surface area contributed by atoms with Crippen molar-refractivity contribution in [2.75, 3.05) is 18.0 Å². The van der Waals surface area contributed by atoms with Crippen molar-refractivity contribution in [1.82, 2.24) is 0 Å². The predicted octanol–water partition coefficient (Wildman–Crippen LogP) is 3.25. The van der Waals surface area contributed by atoms with Crippen LogP contribution in [0.4, 0.5) is 5.69 Å². The van der Waals surface area contributed by atoms with Crippen LogP contribution in [-0.2, 0) is 0 Å². The quantitative estimate of drug-likeness (QED) is 0.831. The molecule has 1 atom stereocenters. The monoisotopic (exact) mass is 253 g/mol. The second kappa shape index (κ2) is 4.51. The third kappa shape index (κ3) is 2.58. The summed E-state index contributed by atoms with van der Waals surface area (Å²) in [4.78, 5) is 2.23. The smallest absolute Gasteiger partial charge is 0.0766 e. The first kappa shape index (κ1) is 12.7. The Labute approximate surface area is 108 Å². The summed E-state index contributed by atoms with van der Waals surface area (Å²) in [6, 6.07) is 5.93. The van der Waals surface area contributed by atoms with E-state index >= 15 is 0 Å². The van der Waals surface area contributed by atoms with E-state index in [4.69, 9.17) is 11.6 Å². The Bertz CT molecular complexity index is 417. The second-order valence-electron chi connectivity index (χ2n) is 5.63. The average molecular weight is 254 g/mol. The van der Waals surface area contributed by atoms with Gasteiger partial charge in [0.2, 0.25) is 0 Å². The Kier molecular flexibility index (Phi) is 3.37. The second-order valence-corrected chi connectivity index (χ2v) is 6.07. The molecular formula is C14H20ClNO. The number of hydrogen-bond acceptors (Lipinski definition) is 2. The van der Waals surface area contributed by atoms with Gasteiger partial charge in [-0.15, -0.1) is 0 Å². The minimum Gasteiger partial charge on any atom is -0.391 e. The summed E-state index contributed by atoms with van der Waals surface area (Å²) in [5, 5.41) is 10.9. The molecule has 1 aliphatic heterocycles. The highest BCUT2D eigenvalue weighted by Crippen LogP contribution is 2.34. The molecule has 0 bridgehead atoms. The number of benzene rings is 1. The topological polar surface area (TPSA) is 23.5 Å². The van der Waals surface area contributed by atoms with Crippen molar-refractivity contribution in [3.63, 3.8) is 0 Å². The lowest BCUT2D eigenvalue weighted by Gasteiger charge is -2.42. The molecule has 0 radical (unpaired) electrons. The molecule has 1 aromatic rings. The van der Waals surface area contributed by atoms with Crippen LogP contribution >= 0.6 is 11.6 Å². The Morgan fingerprint density at radius 1 is 1.41 bits per heavy atom. The van der Waals surface area contributed by atoms with Crippen LogP contribution in [0.15, 0.2) is 18.2 Å². The van der Waals surface area contributed by atoms with E-state index in [0.29, 0.717) is 6.54 Å². The molecule has 3 heteroatoms. The number of anilines is 1. The van der Waals surface area contributed by atoms with Crippen LogP contribution in [0.25, 0.3) is 0 Å². The number of β-amino-alcohol motifs (C(OH)–C–C–N with tert-alkyl or cyclic N) is 1. The molecule has 1 unspecified atom stereocenters. The fourth-order valence-electron chi connectivity index (χ4n) is 2.28. The van der Waals surface area contributed by atoms with E-state index in [1.807, 2.05) is 18.2 Å². The third-order valence-corrected chi connectivity index (χ3v) is 4.07. The Morgan fingerprint density at radius 2 is 2.12 bits per heavy atom. The summed E-state index contributed by atoms with van der Waals surface area (Å²) in [5.41, 5.74) is 2.37. The maximum Gasteiger partial charge on any atom is 0.0766 e. The van der Waals surface area contributed by atoms with E-state index in [2.05, 4.69) is 25.7 Å². The van der Waals surface area contributed by atoms with Gasteiger partial charge in [0.25, 0.3) is 0 Å². The number of aryl methyl sites for hydroxylation is 1. The summed E-state index contributed by atoms with van der Waals surface area (Å²) in [7, 11) is 0. The lowest BCUT2D eigenvalue weighted by atomic mass is 9.80. The van der Waals surface area contributed by atoms with Crippen LogP contribution in [0.3, 0.4) is 0 Å². The van der Waals surface area contributed by atoms with Gasteiger partial charge in [0.1, 0.15) is 0 Å². The maximum absolute atomic E-state index is 10.2. The van der Waals surface area contributed by atoms with Crippen LogP contribution in [0.2, 0.25) is 5.02 Å². The van der Waals surface area contributed by atoms with Crippen molar-refractivity contribution < 1.29 is 5.11 Å². The van der Waals surface area contributed by atoms with Crippen molar-refractivity contribution in [2.24, 2.45) is 5.41 Å². The lowest BCUT2D eigenvalue weighted by molar-refractivity contribution is 0.0351. The molecule has 17 heavy (non-hydrogen) atoms. The zero-order chi connectivity index (χ0) is 12.6. The number of piperidine rings is 1. The molecule has 2 nitrogen and oxygen atoms in total. The normalized spacial score (nSPS) is 23.8. The Hall–Kier alpha value is -0.730. The van der Waals surface area contributed by atoms with Crippen molar-refractivity contribution in [3.05, 3.63) is 28.8 Å². The highest BCUT2D eigenvalue weighted by molar-refractivity contribution is 6.30. The van der Waals surface area contributed by atoms with Gasteiger partial charge in [0.15, 0.2) is 0 Å². The van der Waals surface area contributed by atoms with Gasteiger partial charge in [0.05, 0.1) is 6.10 Å². The molecule has 0 aliphatic carbocycles. The van der Waals surface area contributed by atoms with Gasteiger partial charge in [0, 0.05) is 23.8 Å². The summed E-state index contributed by atoms with van der Waals surface area (Å²) < 4.78 is 0. The molecule has 0 spiro atoms. The van der Waals surface area contributed by atoms with Gasteiger partial charge in [-0.1, -0.05) is 31.5 Å². The number of nitrogens with zero attached hydrogens (tertiary/aromatic N) is 1. The minimum atomic E-state index is -0.283. The standard InChI is InChI=1S/C14H20ClNO/c1-10-4-5-11(15)8-12(10)16-7-6-14(2,3)13(17)9-16/h4-5,8,13,17H,6-7,9H2,1-3H3. The van der Waals surface area contributed by atoms with Crippen LogP contribution in [0, 0.1) is 12.3 Å². The third-order valence-electron chi connectivity index (χ3n) is 3.83. The number of rotatable bonds is 1. The maximum atomic E-state index is 10.2. The lowest BCUT2D eigenvalue weighted by Crippen LogP contribution is -2.48. The van der Waals surface area contributed by atoms with Crippen molar-refractivity contribution in [1.29, 1.82) is 0 Å². The van der Waals surface area contributed by atoms with Gasteiger partial charge in [-0.2, -0.15) is 0 Å². The van der Waals surface area contributed by atoms with E-state index in [0.717, 1.165) is 23.7 Å². The molecule has 2 rings (SSSR count). The number of halogens is 1. The van der Waals surface area contributed by atoms with Gasteiger partial charge < -0.3 is 10.0 Å². The van der Waals surface area contributed by atoms with E-state index in [1.54, 1.807) is 0 Å². The summed E-state index contributed by atoms with van der Waals surface area (Å²) in [6.07, 6.45) is 0.717. The zero-order valence-corrected chi connectivity index (χ0v) is 11.5. The predicted molar refractivity (Wildman–Crippen MR) is 72.8 cm³/mol. The minimum absolute atomic E-state index is 0.0168. The van der Waals surface area contributed by atoms with Gasteiger partial charge in [-0.3, -0.25) is 0 Å². The molecule has 0 amide bonds. The Morgan fingerprint density at radius 3 is 2.76 bits per heavy atom. The average Bonchev–Trinajstić information content (AvgIpc) is 2.26. The fourth-order valence-corrected chi connectivity index (χ4v) is 2.45. The van der Waals surface area contributed by atoms with Crippen LogP contribution in [0.1, 0.15) is 25.8 Å². The van der Waals surface area contributed by atoms with Crippen LogP contribution in [-0.4, -0.2) is 24.3 Å². The molecule has 1 fully saturated rings. The van der Waals surface area contributed by atoms with Gasteiger partial charge in [-0.25, -0.2) is 0 Å². The number of aliphatic hydroxyl groups is 1. The molecule has 1 aliphatic rings. The summed E-state index contributed by atoms with van der Waals surface area (Å²) >= 11 is 6.04. The van der Waals surface area contributed by atoms with E-state index < -0.39 is 0 Å². The summed E-state index contributed by atoms with van der Waals surface area (Å²) in [6.45, 7) is 8.00. The van der Waals surface area contributed by atoms with Crippen molar-refractivity contribution >= 4 is 17.3 Å². The fraction of sp³-hybridized carbons (Fsp3) is 0.571. The molecule has 1 aromatic carbocycles. The van der Waals surface area contributed by atoms with Crippen molar-refractivity contribution in [3.8, 4) is 0 Å². The number of hydrogen-bond donors (Lipinski definition) is 1. The summed E-state index contributed by atoms with van der Waals surface area (Å²) in [5.74, 6) is 0. The SMILES string of the molecule is Cc1ccc(Cl)cc1N1CCC(C)(C)C(O)C1. The first-order chi connectivity index (χ1) is 7.90. The molecule has 94 valence electrons. The van der Waals surface area contributed by atoms with Gasteiger partial charge in [-0.05, 0) is 36.5 Å². The molecule has 0 saturated carbocycles. The van der Waals surface area contributed by atoms with Gasteiger partial charge >= 0.3 is 0 Å². The molecule has 1 heterocycles. The Balaban J connectivity index is 2.22. The van der Waals surface area contributed by atoms with Crippen molar-refractivity contribution in [2.45, 2.75) is 33.3 Å². The van der Waals surface area contributed by atoms with Crippen LogP contribution in [0.5, 0.6) is 0 Å². The first-order valence-electron chi connectivity index (χ1n) is 6.09. The highest BCUT2D eigenvalue weighted by Gasteiger charge is 2.34. The van der Waals surface area contributed by atoms with E-state index in [9.17, 15) is 5.11 Å². The molecular weight excluding hydrogens is 234 g/mol.